The average molecular weight is 379 g/mol. The molecule has 0 spiro atoms. The minimum Gasteiger partial charge on any atom is -0.490 e. The van der Waals surface area contributed by atoms with Gasteiger partial charge in [-0.1, -0.05) is 18.2 Å². The minimum atomic E-state index is -0.143. The van der Waals surface area contributed by atoms with Crippen LogP contribution in [0.2, 0.25) is 0 Å². The number of benzene rings is 2. The molecule has 1 saturated heterocycles. The van der Waals surface area contributed by atoms with Gasteiger partial charge in [-0.3, -0.25) is 4.79 Å². The maximum absolute atomic E-state index is 12.4. The lowest BCUT2D eigenvalue weighted by Crippen LogP contribution is -2.34. The second kappa shape index (κ2) is 8.33. The van der Waals surface area contributed by atoms with E-state index in [1.165, 1.54) is 11.3 Å². The van der Waals surface area contributed by atoms with Crippen molar-refractivity contribution in [1.29, 1.82) is 0 Å². The van der Waals surface area contributed by atoms with Gasteiger partial charge in [-0.05, 0) is 62.3 Å². The van der Waals surface area contributed by atoms with Crippen LogP contribution in [0.5, 0.6) is 5.75 Å². The third-order valence-electron chi connectivity index (χ3n) is 4.45. The topological polar surface area (TPSA) is 63.2 Å². The smallest absolute Gasteiger partial charge is 0.267 e. The Balaban J connectivity index is 1.41. The first-order chi connectivity index (χ1) is 13.3. The Bertz CT molecular complexity index is 887. The van der Waals surface area contributed by atoms with E-state index in [1.807, 2.05) is 54.6 Å². The summed E-state index contributed by atoms with van der Waals surface area (Å²) in [6.45, 7) is 2.02. The first kappa shape index (κ1) is 17.7. The molecule has 1 aliphatic heterocycles. The summed E-state index contributed by atoms with van der Waals surface area (Å²) >= 11 is 1.38. The molecule has 0 radical (unpaired) electrons. The fourth-order valence-electron chi connectivity index (χ4n) is 3.01. The molecule has 2 aromatic carbocycles. The Morgan fingerprint density at radius 1 is 1.07 bits per heavy atom. The number of nitrogens with zero attached hydrogens (tertiary/aromatic N) is 1. The standard InChI is InChI=1S/C21H21N3O2S/c25-20(24-16-4-2-1-3-5-16)19-14-23-21(27-19)15-6-8-17(9-7-15)26-18-10-12-22-13-11-18/h1-9,14,18,22H,10-13H2,(H,24,25). The normalized spacial score (nSPS) is 14.7. The molecule has 0 bridgehead atoms. The second-order valence-corrected chi connectivity index (χ2v) is 7.47. The molecule has 0 atom stereocenters. The Morgan fingerprint density at radius 2 is 1.81 bits per heavy atom. The molecular formula is C21H21N3O2S. The number of carbonyl (C=O) groups is 1. The maximum atomic E-state index is 12.4. The van der Waals surface area contributed by atoms with Gasteiger partial charge in [0, 0.05) is 11.3 Å². The summed E-state index contributed by atoms with van der Waals surface area (Å²) in [5.41, 5.74) is 1.76. The molecule has 4 rings (SSSR count). The van der Waals surface area contributed by atoms with Crippen LogP contribution < -0.4 is 15.4 Å². The number of carbonyl (C=O) groups excluding carboxylic acids is 1. The Kier molecular flexibility index (Phi) is 5.46. The molecule has 3 aromatic rings. The summed E-state index contributed by atoms with van der Waals surface area (Å²) in [6.07, 6.45) is 3.98. The molecular weight excluding hydrogens is 358 g/mol. The Labute approximate surface area is 162 Å². The number of nitrogens with one attached hydrogen (secondary N) is 2. The zero-order valence-electron chi connectivity index (χ0n) is 14.9. The summed E-state index contributed by atoms with van der Waals surface area (Å²) in [5.74, 6) is 0.736. The van der Waals surface area contributed by atoms with E-state index in [9.17, 15) is 4.79 Å². The van der Waals surface area contributed by atoms with Gasteiger partial charge in [-0.2, -0.15) is 0 Å². The molecule has 1 aliphatic rings. The average Bonchev–Trinajstić information content (AvgIpc) is 3.21. The quantitative estimate of drug-likeness (QED) is 0.698. The van der Waals surface area contributed by atoms with Gasteiger partial charge in [-0.15, -0.1) is 11.3 Å². The van der Waals surface area contributed by atoms with Crippen molar-refractivity contribution in [2.45, 2.75) is 18.9 Å². The zero-order valence-corrected chi connectivity index (χ0v) is 15.7. The van der Waals surface area contributed by atoms with Gasteiger partial charge >= 0.3 is 0 Å². The second-order valence-electron chi connectivity index (χ2n) is 6.44. The van der Waals surface area contributed by atoms with Crippen molar-refractivity contribution in [1.82, 2.24) is 10.3 Å². The van der Waals surface area contributed by atoms with Crippen molar-refractivity contribution in [3.05, 3.63) is 65.7 Å². The van der Waals surface area contributed by atoms with Crippen LogP contribution in [0.3, 0.4) is 0 Å². The molecule has 2 N–H and O–H groups in total. The van der Waals surface area contributed by atoms with E-state index in [-0.39, 0.29) is 12.0 Å². The van der Waals surface area contributed by atoms with Gasteiger partial charge in [0.25, 0.3) is 5.91 Å². The molecule has 1 fully saturated rings. The van der Waals surface area contributed by atoms with E-state index in [0.29, 0.717) is 4.88 Å². The number of piperidine rings is 1. The van der Waals surface area contributed by atoms with Crippen LogP contribution in [-0.4, -0.2) is 30.1 Å². The highest BCUT2D eigenvalue weighted by Gasteiger charge is 2.15. The number of hydrogen-bond donors (Lipinski definition) is 2. The van der Waals surface area contributed by atoms with Crippen LogP contribution in [0, 0.1) is 0 Å². The molecule has 2 heterocycles. The molecule has 0 unspecified atom stereocenters. The van der Waals surface area contributed by atoms with Crippen molar-refractivity contribution in [3.63, 3.8) is 0 Å². The van der Waals surface area contributed by atoms with E-state index >= 15 is 0 Å². The van der Waals surface area contributed by atoms with E-state index in [0.717, 1.165) is 47.9 Å². The van der Waals surface area contributed by atoms with Gasteiger partial charge in [-0.25, -0.2) is 4.98 Å². The third kappa shape index (κ3) is 4.53. The predicted octanol–water partition coefficient (Wildman–Crippen LogP) is 4.19. The molecule has 1 aromatic heterocycles. The molecule has 0 saturated carbocycles. The first-order valence-corrected chi connectivity index (χ1v) is 9.89. The highest BCUT2D eigenvalue weighted by Crippen LogP contribution is 2.28. The number of aromatic nitrogens is 1. The lowest BCUT2D eigenvalue weighted by Gasteiger charge is -2.23. The summed E-state index contributed by atoms with van der Waals surface area (Å²) in [6, 6.07) is 17.4. The van der Waals surface area contributed by atoms with E-state index in [2.05, 4.69) is 15.6 Å². The largest absolute Gasteiger partial charge is 0.490 e. The van der Waals surface area contributed by atoms with Crippen molar-refractivity contribution in [3.8, 4) is 16.3 Å². The van der Waals surface area contributed by atoms with Crippen molar-refractivity contribution in [2.24, 2.45) is 0 Å². The van der Waals surface area contributed by atoms with Gasteiger partial charge in [0.2, 0.25) is 0 Å². The molecule has 1 amide bonds. The van der Waals surface area contributed by atoms with Crippen LogP contribution in [0.4, 0.5) is 5.69 Å². The van der Waals surface area contributed by atoms with E-state index in [1.54, 1.807) is 6.20 Å². The van der Waals surface area contributed by atoms with E-state index in [4.69, 9.17) is 4.74 Å². The van der Waals surface area contributed by atoms with Gasteiger partial charge in [0.05, 0.1) is 6.20 Å². The number of thiazole rings is 1. The predicted molar refractivity (Wildman–Crippen MR) is 108 cm³/mol. The van der Waals surface area contributed by atoms with Gasteiger partial charge < -0.3 is 15.4 Å². The number of rotatable bonds is 5. The Morgan fingerprint density at radius 3 is 2.56 bits per heavy atom. The lowest BCUT2D eigenvalue weighted by atomic mass is 10.1. The fraction of sp³-hybridized carbons (Fsp3) is 0.238. The first-order valence-electron chi connectivity index (χ1n) is 9.08. The summed E-state index contributed by atoms with van der Waals surface area (Å²) in [5, 5.41) is 7.04. The molecule has 27 heavy (non-hydrogen) atoms. The summed E-state index contributed by atoms with van der Waals surface area (Å²) in [4.78, 5) is 17.4. The van der Waals surface area contributed by atoms with E-state index < -0.39 is 0 Å². The highest BCUT2D eigenvalue weighted by atomic mass is 32.1. The number of ether oxygens (including phenoxy) is 1. The monoisotopic (exact) mass is 379 g/mol. The number of amides is 1. The fourth-order valence-corrected chi connectivity index (χ4v) is 3.83. The zero-order chi connectivity index (χ0) is 18.5. The number of anilines is 1. The SMILES string of the molecule is O=C(Nc1ccccc1)c1cnc(-c2ccc(OC3CCNCC3)cc2)s1. The Hall–Kier alpha value is -2.70. The van der Waals surface area contributed by atoms with Gasteiger partial charge in [0.15, 0.2) is 0 Å². The van der Waals surface area contributed by atoms with Crippen LogP contribution in [0.1, 0.15) is 22.5 Å². The minimum absolute atomic E-state index is 0.143. The maximum Gasteiger partial charge on any atom is 0.267 e. The molecule has 138 valence electrons. The molecule has 5 nitrogen and oxygen atoms in total. The summed E-state index contributed by atoms with van der Waals surface area (Å²) < 4.78 is 6.03. The van der Waals surface area contributed by atoms with Crippen LogP contribution in [0.25, 0.3) is 10.6 Å². The van der Waals surface area contributed by atoms with Crippen LogP contribution >= 0.6 is 11.3 Å². The van der Waals surface area contributed by atoms with Gasteiger partial charge in [0.1, 0.15) is 21.7 Å². The van der Waals surface area contributed by atoms with Crippen molar-refractivity contribution in [2.75, 3.05) is 18.4 Å². The molecule has 6 heteroatoms. The number of para-hydroxylation sites is 1. The van der Waals surface area contributed by atoms with Crippen molar-refractivity contribution < 1.29 is 9.53 Å². The summed E-state index contributed by atoms with van der Waals surface area (Å²) in [7, 11) is 0. The highest BCUT2D eigenvalue weighted by molar-refractivity contribution is 7.17. The third-order valence-corrected chi connectivity index (χ3v) is 5.50. The van der Waals surface area contributed by atoms with Crippen molar-refractivity contribution >= 4 is 22.9 Å². The van der Waals surface area contributed by atoms with Crippen LogP contribution in [0.15, 0.2) is 60.8 Å². The number of hydrogen-bond acceptors (Lipinski definition) is 5. The lowest BCUT2D eigenvalue weighted by molar-refractivity contribution is 0.103. The van der Waals surface area contributed by atoms with Crippen LogP contribution in [-0.2, 0) is 0 Å². The molecule has 0 aliphatic carbocycles.